The van der Waals surface area contributed by atoms with Gasteiger partial charge in [0.15, 0.2) is 12.4 Å². The van der Waals surface area contributed by atoms with Crippen molar-refractivity contribution >= 4 is 35.1 Å². The maximum Gasteiger partial charge on any atom is 0.278 e. The third-order valence-electron chi connectivity index (χ3n) is 4.36. The van der Waals surface area contributed by atoms with Crippen molar-refractivity contribution in [3.05, 3.63) is 87.9 Å². The van der Waals surface area contributed by atoms with E-state index in [1.165, 1.54) is 11.0 Å². The van der Waals surface area contributed by atoms with Crippen LogP contribution in [0, 0.1) is 6.92 Å². The number of halogens is 2. The molecular weight excluding hydrogens is 439 g/mol. The first-order valence-electron chi connectivity index (χ1n) is 9.34. The van der Waals surface area contributed by atoms with E-state index in [-0.39, 0.29) is 18.4 Å². The Bertz CT molecular complexity index is 1220. The Morgan fingerprint density at radius 1 is 1.06 bits per heavy atom. The Kier molecular flexibility index (Phi) is 6.20. The molecule has 2 aromatic heterocycles. The molecule has 0 spiro atoms. The highest BCUT2D eigenvalue weighted by Crippen LogP contribution is 2.22. The first kappa shape index (κ1) is 20.9. The van der Waals surface area contributed by atoms with E-state index in [4.69, 9.17) is 27.9 Å². The van der Waals surface area contributed by atoms with E-state index >= 15 is 0 Å². The summed E-state index contributed by atoms with van der Waals surface area (Å²) < 4.78 is 8.87. The summed E-state index contributed by atoms with van der Waals surface area (Å²) in [5, 5.41) is 12.4. The number of hydrogen-bond acceptors (Lipinski definition) is 5. The summed E-state index contributed by atoms with van der Waals surface area (Å²) in [6.45, 7) is 2.55. The van der Waals surface area contributed by atoms with Crippen molar-refractivity contribution in [1.82, 2.24) is 24.5 Å². The number of carbonyl (C=O) groups is 1. The average molecular weight is 457 g/mol. The Morgan fingerprint density at radius 2 is 1.90 bits per heavy atom. The molecule has 0 fully saturated rings. The second-order valence-electron chi connectivity index (χ2n) is 6.77. The molecule has 0 unspecified atom stereocenters. The van der Waals surface area contributed by atoms with Crippen LogP contribution in [0.15, 0.2) is 61.1 Å². The number of amides is 1. The summed E-state index contributed by atoms with van der Waals surface area (Å²) in [4.78, 5) is 16.6. The standard InChI is InChI=1S/C21H18Cl2N6O2/c1-14-9-17(23)5-6-19(14)31-13-28-8-7-18(26-28)20(30)25-21-24-12-29(27-21)11-15-3-2-4-16(22)10-15/h2-10,12H,11,13H2,1H3,(H,25,27,30). The topological polar surface area (TPSA) is 86.9 Å². The van der Waals surface area contributed by atoms with Crippen molar-refractivity contribution in [2.45, 2.75) is 20.2 Å². The Balaban J connectivity index is 1.34. The molecule has 0 saturated heterocycles. The van der Waals surface area contributed by atoms with Crippen molar-refractivity contribution in [1.29, 1.82) is 0 Å². The minimum absolute atomic E-state index is 0.155. The van der Waals surface area contributed by atoms with Crippen molar-refractivity contribution in [2.24, 2.45) is 0 Å². The lowest BCUT2D eigenvalue weighted by Gasteiger charge is -2.09. The SMILES string of the molecule is Cc1cc(Cl)ccc1OCn1ccc(C(=O)Nc2ncn(Cc3cccc(Cl)c3)n2)n1. The molecule has 10 heteroatoms. The molecule has 0 atom stereocenters. The van der Waals surface area contributed by atoms with Crippen LogP contribution in [0.2, 0.25) is 10.0 Å². The highest BCUT2D eigenvalue weighted by molar-refractivity contribution is 6.30. The van der Waals surface area contributed by atoms with Crippen LogP contribution in [0.5, 0.6) is 5.75 Å². The van der Waals surface area contributed by atoms with Crippen molar-refractivity contribution in [3.63, 3.8) is 0 Å². The molecular formula is C21H18Cl2N6O2. The molecule has 158 valence electrons. The van der Waals surface area contributed by atoms with Crippen LogP contribution in [0.25, 0.3) is 0 Å². The maximum atomic E-state index is 12.5. The lowest BCUT2D eigenvalue weighted by molar-refractivity contribution is 0.101. The van der Waals surface area contributed by atoms with Gasteiger partial charge in [0.05, 0.1) is 6.54 Å². The van der Waals surface area contributed by atoms with Gasteiger partial charge in [-0.05, 0) is 54.4 Å². The molecule has 0 aliphatic rings. The van der Waals surface area contributed by atoms with E-state index in [0.29, 0.717) is 22.3 Å². The fourth-order valence-corrected chi connectivity index (χ4v) is 3.32. The largest absolute Gasteiger partial charge is 0.471 e. The summed E-state index contributed by atoms with van der Waals surface area (Å²) in [5.41, 5.74) is 2.12. The molecule has 2 heterocycles. The molecule has 2 aromatic carbocycles. The monoisotopic (exact) mass is 456 g/mol. The van der Waals surface area contributed by atoms with Crippen LogP contribution in [0.4, 0.5) is 5.95 Å². The third-order valence-corrected chi connectivity index (χ3v) is 4.83. The first-order valence-corrected chi connectivity index (χ1v) is 10.1. The molecule has 8 nitrogen and oxygen atoms in total. The minimum Gasteiger partial charge on any atom is -0.471 e. The number of carbonyl (C=O) groups excluding carboxylic acids is 1. The van der Waals surface area contributed by atoms with E-state index < -0.39 is 5.91 Å². The molecule has 31 heavy (non-hydrogen) atoms. The van der Waals surface area contributed by atoms with Crippen LogP contribution in [0.1, 0.15) is 21.6 Å². The van der Waals surface area contributed by atoms with Gasteiger partial charge in [0.2, 0.25) is 5.95 Å². The number of rotatable bonds is 7. The molecule has 1 N–H and O–H groups in total. The molecule has 0 saturated carbocycles. The summed E-state index contributed by atoms with van der Waals surface area (Å²) >= 11 is 12.0. The summed E-state index contributed by atoms with van der Waals surface area (Å²) in [7, 11) is 0. The van der Waals surface area contributed by atoms with E-state index in [0.717, 1.165) is 11.1 Å². The zero-order valence-electron chi connectivity index (χ0n) is 16.5. The van der Waals surface area contributed by atoms with Crippen LogP contribution in [-0.4, -0.2) is 30.5 Å². The van der Waals surface area contributed by atoms with Gasteiger partial charge < -0.3 is 4.74 Å². The lowest BCUT2D eigenvalue weighted by Crippen LogP contribution is -2.15. The lowest BCUT2D eigenvalue weighted by atomic mass is 10.2. The smallest absolute Gasteiger partial charge is 0.278 e. The molecule has 1 amide bonds. The van der Waals surface area contributed by atoms with Gasteiger partial charge in [-0.3, -0.25) is 10.1 Å². The Morgan fingerprint density at radius 3 is 2.71 bits per heavy atom. The number of nitrogens with zero attached hydrogens (tertiary/aromatic N) is 5. The van der Waals surface area contributed by atoms with Gasteiger partial charge in [0, 0.05) is 16.2 Å². The van der Waals surface area contributed by atoms with Gasteiger partial charge in [0.1, 0.15) is 12.1 Å². The predicted molar refractivity (Wildman–Crippen MR) is 118 cm³/mol. The van der Waals surface area contributed by atoms with Gasteiger partial charge in [-0.25, -0.2) is 14.3 Å². The number of nitrogens with one attached hydrogen (secondary N) is 1. The zero-order chi connectivity index (χ0) is 21.8. The molecule has 0 radical (unpaired) electrons. The number of anilines is 1. The van der Waals surface area contributed by atoms with Crippen LogP contribution in [0.3, 0.4) is 0 Å². The van der Waals surface area contributed by atoms with Crippen LogP contribution < -0.4 is 10.1 Å². The fraction of sp³-hybridized carbons (Fsp3) is 0.143. The average Bonchev–Trinajstić information content (AvgIpc) is 3.37. The zero-order valence-corrected chi connectivity index (χ0v) is 18.0. The number of aromatic nitrogens is 5. The highest BCUT2D eigenvalue weighted by atomic mass is 35.5. The Hall–Kier alpha value is -3.36. The van der Waals surface area contributed by atoms with Gasteiger partial charge in [-0.1, -0.05) is 35.3 Å². The second-order valence-corrected chi connectivity index (χ2v) is 7.65. The van der Waals surface area contributed by atoms with Crippen LogP contribution in [-0.2, 0) is 13.3 Å². The van der Waals surface area contributed by atoms with E-state index in [1.807, 2.05) is 31.2 Å². The van der Waals surface area contributed by atoms with E-state index in [9.17, 15) is 4.79 Å². The molecule has 4 aromatic rings. The molecule has 0 bridgehead atoms. The van der Waals surface area contributed by atoms with Crippen LogP contribution >= 0.6 is 23.2 Å². The van der Waals surface area contributed by atoms with Crippen molar-refractivity contribution in [3.8, 4) is 5.75 Å². The number of hydrogen-bond donors (Lipinski definition) is 1. The van der Waals surface area contributed by atoms with Gasteiger partial charge in [0.25, 0.3) is 5.91 Å². The van der Waals surface area contributed by atoms with E-state index in [2.05, 4.69) is 20.5 Å². The molecule has 0 aliphatic heterocycles. The maximum absolute atomic E-state index is 12.5. The Labute approximate surface area is 188 Å². The van der Waals surface area contributed by atoms with E-state index in [1.54, 1.807) is 35.1 Å². The second kappa shape index (κ2) is 9.20. The normalized spacial score (nSPS) is 10.8. The number of aryl methyl sites for hydroxylation is 1. The third kappa shape index (κ3) is 5.42. The van der Waals surface area contributed by atoms with Crippen molar-refractivity contribution in [2.75, 3.05) is 5.32 Å². The number of ether oxygens (including phenoxy) is 1. The molecule has 4 rings (SSSR count). The first-order chi connectivity index (χ1) is 15.0. The summed E-state index contributed by atoms with van der Waals surface area (Å²) in [6, 6.07) is 14.4. The summed E-state index contributed by atoms with van der Waals surface area (Å²) in [6.07, 6.45) is 3.20. The van der Waals surface area contributed by atoms with Gasteiger partial charge >= 0.3 is 0 Å². The highest BCUT2D eigenvalue weighted by Gasteiger charge is 2.13. The van der Waals surface area contributed by atoms with Gasteiger partial charge in [-0.2, -0.15) is 5.10 Å². The van der Waals surface area contributed by atoms with Gasteiger partial charge in [-0.15, -0.1) is 5.10 Å². The molecule has 0 aliphatic carbocycles. The predicted octanol–water partition coefficient (Wildman–Crippen LogP) is 4.43. The minimum atomic E-state index is -0.415. The summed E-state index contributed by atoms with van der Waals surface area (Å²) in [5.74, 6) is 0.469. The quantitative estimate of drug-likeness (QED) is 0.444. The fourth-order valence-electron chi connectivity index (χ4n) is 2.88. The number of benzene rings is 2. The van der Waals surface area contributed by atoms with Crippen molar-refractivity contribution < 1.29 is 9.53 Å².